The fourth-order valence-electron chi connectivity index (χ4n) is 3.39. The SMILES string of the molecule is C[C@H](NC(=O)c1ccc(Cl)cc1)C(=O)OC1c2ccccc2-c2ccccc21. The highest BCUT2D eigenvalue weighted by molar-refractivity contribution is 6.30. The maximum atomic E-state index is 12.7. The van der Waals surface area contributed by atoms with Gasteiger partial charge in [0.25, 0.3) is 5.91 Å². The van der Waals surface area contributed by atoms with Gasteiger partial charge in [0.1, 0.15) is 6.04 Å². The summed E-state index contributed by atoms with van der Waals surface area (Å²) in [6.07, 6.45) is -0.477. The number of fused-ring (bicyclic) bond motifs is 3. The van der Waals surface area contributed by atoms with Crippen molar-refractivity contribution in [1.29, 1.82) is 0 Å². The first-order valence-electron chi connectivity index (χ1n) is 9.00. The molecule has 0 saturated heterocycles. The first-order valence-corrected chi connectivity index (χ1v) is 9.37. The number of benzene rings is 3. The highest BCUT2D eigenvalue weighted by atomic mass is 35.5. The summed E-state index contributed by atoms with van der Waals surface area (Å²) in [5.41, 5.74) is 4.46. The van der Waals surface area contributed by atoms with Crippen LogP contribution in [0, 0.1) is 0 Å². The highest BCUT2D eigenvalue weighted by Crippen LogP contribution is 2.45. The van der Waals surface area contributed by atoms with E-state index < -0.39 is 18.1 Å². The van der Waals surface area contributed by atoms with Gasteiger partial charge in [-0.15, -0.1) is 0 Å². The monoisotopic (exact) mass is 391 g/mol. The minimum absolute atomic E-state index is 0.353. The number of ether oxygens (including phenoxy) is 1. The van der Waals surface area contributed by atoms with Gasteiger partial charge in [-0.2, -0.15) is 0 Å². The quantitative estimate of drug-likeness (QED) is 0.651. The molecule has 140 valence electrons. The van der Waals surface area contributed by atoms with Crippen LogP contribution in [-0.2, 0) is 9.53 Å². The van der Waals surface area contributed by atoms with Gasteiger partial charge in [-0.1, -0.05) is 60.1 Å². The van der Waals surface area contributed by atoms with Crippen LogP contribution in [0.3, 0.4) is 0 Å². The maximum absolute atomic E-state index is 12.7. The third-order valence-corrected chi connectivity index (χ3v) is 5.07. The lowest BCUT2D eigenvalue weighted by Crippen LogP contribution is -2.40. The van der Waals surface area contributed by atoms with Crippen molar-refractivity contribution < 1.29 is 14.3 Å². The molecule has 0 unspecified atom stereocenters. The van der Waals surface area contributed by atoms with Crippen LogP contribution in [0.1, 0.15) is 34.5 Å². The number of rotatable bonds is 4. The molecule has 4 nitrogen and oxygen atoms in total. The van der Waals surface area contributed by atoms with Crippen LogP contribution in [-0.4, -0.2) is 17.9 Å². The molecule has 0 fully saturated rings. The first kappa shape index (κ1) is 18.3. The molecule has 3 aromatic rings. The number of hydrogen-bond acceptors (Lipinski definition) is 3. The van der Waals surface area contributed by atoms with E-state index in [1.165, 1.54) is 0 Å². The standard InChI is InChI=1S/C23H18ClNO3/c1-14(25-22(26)15-10-12-16(24)13-11-15)23(27)28-21-19-8-4-2-6-17(19)18-7-3-5-9-20(18)21/h2-14,21H,1H3,(H,25,26)/t14-/m0/s1. The van der Waals surface area contributed by atoms with E-state index in [1.807, 2.05) is 48.5 Å². The van der Waals surface area contributed by atoms with Crippen LogP contribution in [0.25, 0.3) is 11.1 Å². The Hall–Kier alpha value is -3.11. The lowest BCUT2D eigenvalue weighted by molar-refractivity contribution is -0.149. The molecule has 0 aromatic heterocycles. The second kappa shape index (κ2) is 7.49. The molecule has 0 bridgehead atoms. The zero-order chi connectivity index (χ0) is 19.7. The Bertz CT molecular complexity index is 1000. The van der Waals surface area contributed by atoms with Crippen molar-refractivity contribution in [2.75, 3.05) is 0 Å². The number of amides is 1. The van der Waals surface area contributed by atoms with Gasteiger partial charge in [0, 0.05) is 21.7 Å². The second-order valence-electron chi connectivity index (χ2n) is 6.69. The molecule has 1 amide bonds. The van der Waals surface area contributed by atoms with E-state index in [2.05, 4.69) is 5.32 Å². The zero-order valence-corrected chi connectivity index (χ0v) is 15.9. The Kier molecular flexibility index (Phi) is 4.88. The predicted molar refractivity (Wildman–Crippen MR) is 108 cm³/mol. The second-order valence-corrected chi connectivity index (χ2v) is 7.13. The molecule has 28 heavy (non-hydrogen) atoms. The number of carbonyl (C=O) groups is 2. The third-order valence-electron chi connectivity index (χ3n) is 4.82. The van der Waals surface area contributed by atoms with Gasteiger partial charge in [0.2, 0.25) is 0 Å². The van der Waals surface area contributed by atoms with E-state index in [1.54, 1.807) is 31.2 Å². The van der Waals surface area contributed by atoms with E-state index >= 15 is 0 Å². The molecule has 3 aromatic carbocycles. The molecular weight excluding hydrogens is 374 g/mol. The summed E-state index contributed by atoms with van der Waals surface area (Å²) in [7, 11) is 0. The molecule has 1 aliphatic carbocycles. The van der Waals surface area contributed by atoms with Crippen molar-refractivity contribution in [3.63, 3.8) is 0 Å². The summed E-state index contributed by atoms with van der Waals surface area (Å²) in [4.78, 5) is 25.0. The smallest absolute Gasteiger partial charge is 0.329 e. The van der Waals surface area contributed by atoms with Crippen molar-refractivity contribution in [3.05, 3.63) is 94.5 Å². The first-order chi connectivity index (χ1) is 13.5. The number of nitrogens with one attached hydrogen (secondary N) is 1. The van der Waals surface area contributed by atoms with Crippen LogP contribution in [0.2, 0.25) is 5.02 Å². The minimum atomic E-state index is -0.789. The molecule has 5 heteroatoms. The molecule has 0 heterocycles. The Morgan fingerprint density at radius 1 is 0.893 bits per heavy atom. The summed E-state index contributed by atoms with van der Waals surface area (Å²) in [6, 6.07) is 21.5. The predicted octanol–water partition coefficient (Wildman–Crippen LogP) is 4.77. The van der Waals surface area contributed by atoms with E-state index in [-0.39, 0.29) is 5.91 Å². The van der Waals surface area contributed by atoms with Crippen LogP contribution in [0.4, 0.5) is 0 Å². The Labute approximate surface area is 168 Å². The van der Waals surface area contributed by atoms with Gasteiger partial charge in [0.05, 0.1) is 0 Å². The average Bonchev–Trinajstić information content (AvgIpc) is 3.02. The van der Waals surface area contributed by atoms with Gasteiger partial charge < -0.3 is 10.1 Å². The summed E-state index contributed by atoms with van der Waals surface area (Å²) in [5.74, 6) is -0.841. The highest BCUT2D eigenvalue weighted by Gasteiger charge is 2.32. The van der Waals surface area contributed by atoms with Gasteiger partial charge >= 0.3 is 5.97 Å². The molecule has 1 aliphatic rings. The van der Waals surface area contributed by atoms with Gasteiger partial charge in [0.15, 0.2) is 6.10 Å². The molecule has 1 atom stereocenters. The normalized spacial score (nSPS) is 13.4. The molecule has 0 spiro atoms. The number of carbonyl (C=O) groups excluding carboxylic acids is 2. The molecule has 1 N–H and O–H groups in total. The van der Waals surface area contributed by atoms with E-state index in [9.17, 15) is 9.59 Å². The van der Waals surface area contributed by atoms with Gasteiger partial charge in [-0.25, -0.2) is 4.79 Å². The zero-order valence-electron chi connectivity index (χ0n) is 15.2. The Morgan fingerprint density at radius 2 is 1.43 bits per heavy atom. The van der Waals surface area contributed by atoms with E-state index in [0.29, 0.717) is 10.6 Å². The van der Waals surface area contributed by atoms with Crippen molar-refractivity contribution in [3.8, 4) is 11.1 Å². The molecule has 0 aliphatic heterocycles. The van der Waals surface area contributed by atoms with E-state index in [4.69, 9.17) is 16.3 Å². The van der Waals surface area contributed by atoms with Crippen LogP contribution < -0.4 is 5.32 Å². The molecule has 0 radical (unpaired) electrons. The Balaban J connectivity index is 1.50. The van der Waals surface area contributed by atoms with Crippen LogP contribution in [0.5, 0.6) is 0 Å². The maximum Gasteiger partial charge on any atom is 0.329 e. The lowest BCUT2D eigenvalue weighted by Gasteiger charge is -2.19. The van der Waals surface area contributed by atoms with Crippen LogP contribution in [0.15, 0.2) is 72.8 Å². The fourth-order valence-corrected chi connectivity index (χ4v) is 3.52. The number of halogens is 1. The van der Waals surface area contributed by atoms with Crippen LogP contribution >= 0.6 is 11.6 Å². The van der Waals surface area contributed by atoms with Crippen molar-refractivity contribution in [1.82, 2.24) is 5.32 Å². The van der Waals surface area contributed by atoms with Gasteiger partial charge in [-0.3, -0.25) is 4.79 Å². The summed E-state index contributed by atoms with van der Waals surface area (Å²) >= 11 is 5.84. The number of hydrogen-bond donors (Lipinski definition) is 1. The summed E-state index contributed by atoms with van der Waals surface area (Å²) in [6.45, 7) is 1.61. The largest absolute Gasteiger partial charge is 0.451 e. The third kappa shape index (κ3) is 3.39. The average molecular weight is 392 g/mol. The topological polar surface area (TPSA) is 55.4 Å². The molecule has 4 rings (SSSR count). The number of esters is 1. The van der Waals surface area contributed by atoms with Crippen molar-refractivity contribution >= 4 is 23.5 Å². The van der Waals surface area contributed by atoms with Gasteiger partial charge in [-0.05, 0) is 42.3 Å². The van der Waals surface area contributed by atoms with Crippen molar-refractivity contribution in [2.45, 2.75) is 19.1 Å². The summed E-state index contributed by atoms with van der Waals surface area (Å²) in [5, 5.41) is 3.22. The van der Waals surface area contributed by atoms with E-state index in [0.717, 1.165) is 22.3 Å². The molecule has 0 saturated carbocycles. The van der Waals surface area contributed by atoms with Crippen molar-refractivity contribution in [2.24, 2.45) is 0 Å². The molecular formula is C23H18ClNO3. The fraction of sp³-hybridized carbons (Fsp3) is 0.130. The summed E-state index contributed by atoms with van der Waals surface area (Å²) < 4.78 is 5.81. The lowest BCUT2D eigenvalue weighted by atomic mass is 10.1. The Morgan fingerprint density at radius 3 is 2.00 bits per heavy atom. The minimum Gasteiger partial charge on any atom is -0.451 e.